The molecule has 0 amide bonds. The van der Waals surface area contributed by atoms with Gasteiger partial charge in [-0.25, -0.2) is 8.78 Å². The third kappa shape index (κ3) is 3.69. The zero-order chi connectivity index (χ0) is 14.0. The molecule has 2 rings (SSSR count). The molecular weight excluding hydrogens is 248 g/mol. The van der Waals surface area contributed by atoms with Crippen LogP contribution in [0.15, 0.2) is 23.5 Å². The molecule has 1 heterocycles. The summed E-state index contributed by atoms with van der Waals surface area (Å²) in [6.07, 6.45) is 5.56. The lowest BCUT2D eigenvalue weighted by molar-refractivity contribution is -0.0507. The van der Waals surface area contributed by atoms with Crippen molar-refractivity contribution in [3.8, 4) is 0 Å². The van der Waals surface area contributed by atoms with Crippen LogP contribution in [-0.4, -0.2) is 48.9 Å². The largest absolute Gasteiger partial charge is 0.402 e. The molecular formula is C14H23F2N3. The molecule has 0 aromatic carbocycles. The van der Waals surface area contributed by atoms with Gasteiger partial charge in [0.05, 0.1) is 5.92 Å². The Bertz CT molecular complexity index is 385. The first-order valence-electron chi connectivity index (χ1n) is 6.83. The van der Waals surface area contributed by atoms with Crippen molar-refractivity contribution >= 4 is 0 Å². The van der Waals surface area contributed by atoms with Crippen molar-refractivity contribution in [3.05, 3.63) is 23.5 Å². The first-order valence-corrected chi connectivity index (χ1v) is 6.83. The van der Waals surface area contributed by atoms with Gasteiger partial charge >= 0.3 is 0 Å². The van der Waals surface area contributed by atoms with E-state index in [1.54, 1.807) is 0 Å². The quantitative estimate of drug-likeness (QED) is 0.834. The molecule has 5 heteroatoms. The van der Waals surface area contributed by atoms with Crippen LogP contribution in [0.25, 0.3) is 0 Å². The van der Waals surface area contributed by atoms with E-state index in [4.69, 9.17) is 5.73 Å². The number of hydrogen-bond acceptors (Lipinski definition) is 3. The highest BCUT2D eigenvalue weighted by molar-refractivity contribution is 5.22. The third-order valence-corrected chi connectivity index (χ3v) is 4.01. The summed E-state index contributed by atoms with van der Waals surface area (Å²) in [5, 5.41) is 0. The summed E-state index contributed by atoms with van der Waals surface area (Å²) < 4.78 is 27.3. The van der Waals surface area contributed by atoms with E-state index in [1.165, 1.54) is 0 Å². The molecule has 0 radical (unpaired) electrons. The molecule has 108 valence electrons. The number of hydrogen-bond donors (Lipinski definition) is 1. The number of likely N-dealkylation sites (N-methyl/N-ethyl adjacent to an activating group) is 1. The summed E-state index contributed by atoms with van der Waals surface area (Å²) in [6, 6.07) is 0. The second-order valence-electron chi connectivity index (χ2n) is 5.76. The van der Waals surface area contributed by atoms with Gasteiger partial charge in [0.2, 0.25) is 0 Å². The minimum Gasteiger partial charge on any atom is -0.402 e. The normalized spacial score (nSPS) is 26.7. The average molecular weight is 271 g/mol. The fourth-order valence-corrected chi connectivity index (χ4v) is 2.66. The van der Waals surface area contributed by atoms with E-state index in [-0.39, 0.29) is 0 Å². The monoisotopic (exact) mass is 271 g/mol. The Hall–Kier alpha value is -1.10. The van der Waals surface area contributed by atoms with Crippen LogP contribution in [0.4, 0.5) is 8.78 Å². The molecule has 0 bridgehead atoms. The van der Waals surface area contributed by atoms with E-state index in [0.717, 1.165) is 44.2 Å². The molecule has 1 atom stereocenters. The zero-order valence-corrected chi connectivity index (χ0v) is 11.7. The van der Waals surface area contributed by atoms with Crippen LogP contribution < -0.4 is 5.73 Å². The van der Waals surface area contributed by atoms with Gasteiger partial charge in [-0.15, -0.1) is 0 Å². The van der Waals surface area contributed by atoms with E-state index in [9.17, 15) is 8.78 Å². The molecule has 2 aliphatic rings. The smallest absolute Gasteiger partial charge is 0.251 e. The summed E-state index contributed by atoms with van der Waals surface area (Å²) in [7, 11) is 1.91. The Balaban J connectivity index is 2.13. The Morgan fingerprint density at radius 1 is 1.21 bits per heavy atom. The number of nitrogens with zero attached hydrogens (tertiary/aromatic N) is 2. The first kappa shape index (κ1) is 14.3. The summed E-state index contributed by atoms with van der Waals surface area (Å²) in [4.78, 5) is 4.10. The van der Waals surface area contributed by atoms with Crippen molar-refractivity contribution in [3.63, 3.8) is 0 Å². The van der Waals surface area contributed by atoms with Gasteiger partial charge in [0.15, 0.2) is 0 Å². The highest BCUT2D eigenvalue weighted by Crippen LogP contribution is 2.29. The predicted molar refractivity (Wildman–Crippen MR) is 72.8 cm³/mol. The standard InChI is InChI=1S/C14H23F2N3/c1-14(15,16)11-9-18(2)7-8-19(10-11)13-5-3-12(17)4-6-13/h3,5,11H,4,6-10,17H2,1-2H3. The zero-order valence-electron chi connectivity index (χ0n) is 11.7. The van der Waals surface area contributed by atoms with Crippen molar-refractivity contribution in [2.45, 2.75) is 25.7 Å². The lowest BCUT2D eigenvalue weighted by Crippen LogP contribution is -2.39. The fraction of sp³-hybridized carbons (Fsp3) is 0.714. The van der Waals surface area contributed by atoms with E-state index < -0.39 is 11.8 Å². The minimum absolute atomic E-state index is 0.424. The molecule has 19 heavy (non-hydrogen) atoms. The van der Waals surface area contributed by atoms with Gasteiger partial charge in [-0.3, -0.25) is 0 Å². The highest BCUT2D eigenvalue weighted by Gasteiger charge is 2.37. The predicted octanol–water partition coefficient (Wildman–Crippen LogP) is 2.03. The fourth-order valence-electron chi connectivity index (χ4n) is 2.66. The van der Waals surface area contributed by atoms with Crippen LogP contribution in [0.5, 0.6) is 0 Å². The average Bonchev–Trinajstić information content (AvgIpc) is 2.52. The molecule has 0 aromatic heterocycles. The second-order valence-corrected chi connectivity index (χ2v) is 5.76. The summed E-state index contributed by atoms with van der Waals surface area (Å²) in [5.41, 5.74) is 7.75. The summed E-state index contributed by atoms with van der Waals surface area (Å²) in [6.45, 7) is 3.53. The molecule has 2 N–H and O–H groups in total. The maximum absolute atomic E-state index is 13.7. The SMILES string of the molecule is CN1CCN(C2=CC=C(N)CC2)CC(C(C)(F)F)C1. The molecule has 3 nitrogen and oxygen atoms in total. The third-order valence-electron chi connectivity index (χ3n) is 4.01. The molecule has 1 aliphatic heterocycles. The number of halogens is 2. The first-order chi connectivity index (χ1) is 8.86. The molecule has 1 fully saturated rings. The Labute approximate surface area is 113 Å². The van der Waals surface area contributed by atoms with E-state index in [2.05, 4.69) is 4.90 Å². The minimum atomic E-state index is -2.64. The maximum atomic E-state index is 13.7. The number of alkyl halides is 2. The molecule has 0 aromatic rings. The summed E-state index contributed by atoms with van der Waals surface area (Å²) >= 11 is 0. The van der Waals surface area contributed by atoms with E-state index in [1.807, 2.05) is 24.1 Å². The van der Waals surface area contributed by atoms with Crippen LogP contribution in [0, 0.1) is 5.92 Å². The van der Waals surface area contributed by atoms with Gasteiger partial charge in [-0.05, 0) is 39.0 Å². The Kier molecular flexibility index (Phi) is 4.13. The van der Waals surface area contributed by atoms with Crippen LogP contribution in [0.1, 0.15) is 19.8 Å². The van der Waals surface area contributed by atoms with Crippen molar-refractivity contribution in [1.82, 2.24) is 9.80 Å². The van der Waals surface area contributed by atoms with E-state index >= 15 is 0 Å². The van der Waals surface area contributed by atoms with Gasteiger partial charge in [0, 0.05) is 37.6 Å². The van der Waals surface area contributed by atoms with Crippen LogP contribution in [0.3, 0.4) is 0 Å². The van der Waals surface area contributed by atoms with Crippen molar-refractivity contribution in [2.24, 2.45) is 11.7 Å². The highest BCUT2D eigenvalue weighted by atomic mass is 19.3. The van der Waals surface area contributed by atoms with Gasteiger partial charge in [0.25, 0.3) is 5.92 Å². The Morgan fingerprint density at radius 2 is 1.95 bits per heavy atom. The van der Waals surface area contributed by atoms with Gasteiger partial charge in [-0.2, -0.15) is 0 Å². The summed E-state index contributed by atoms with van der Waals surface area (Å²) in [5.74, 6) is -3.26. The molecule has 1 aliphatic carbocycles. The number of rotatable bonds is 2. The lowest BCUT2D eigenvalue weighted by atomic mass is 10.0. The molecule has 0 saturated carbocycles. The topological polar surface area (TPSA) is 32.5 Å². The van der Waals surface area contributed by atoms with Crippen molar-refractivity contribution in [2.75, 3.05) is 33.2 Å². The maximum Gasteiger partial charge on any atom is 0.251 e. The molecule has 0 spiro atoms. The second kappa shape index (κ2) is 5.49. The van der Waals surface area contributed by atoms with E-state index in [0.29, 0.717) is 13.1 Å². The van der Waals surface area contributed by atoms with Crippen LogP contribution >= 0.6 is 0 Å². The van der Waals surface area contributed by atoms with Gasteiger partial charge in [0.1, 0.15) is 0 Å². The van der Waals surface area contributed by atoms with Crippen LogP contribution in [0.2, 0.25) is 0 Å². The van der Waals surface area contributed by atoms with Gasteiger partial charge < -0.3 is 15.5 Å². The molecule has 1 unspecified atom stereocenters. The Morgan fingerprint density at radius 3 is 2.53 bits per heavy atom. The van der Waals surface area contributed by atoms with Crippen molar-refractivity contribution in [1.29, 1.82) is 0 Å². The van der Waals surface area contributed by atoms with Gasteiger partial charge in [-0.1, -0.05) is 0 Å². The lowest BCUT2D eigenvalue weighted by Gasteiger charge is -2.31. The molecule has 1 saturated heterocycles. The van der Waals surface area contributed by atoms with Crippen molar-refractivity contribution < 1.29 is 8.78 Å². The number of allylic oxidation sites excluding steroid dienone is 4. The van der Waals surface area contributed by atoms with Crippen LogP contribution in [-0.2, 0) is 0 Å². The number of nitrogens with two attached hydrogens (primary N) is 1.